The van der Waals surface area contributed by atoms with E-state index >= 15 is 0 Å². The van der Waals surface area contributed by atoms with Gasteiger partial charge in [-0.15, -0.1) is 0 Å². The molecule has 0 radical (unpaired) electrons. The third-order valence-corrected chi connectivity index (χ3v) is 4.33. The van der Waals surface area contributed by atoms with Crippen LogP contribution >= 0.6 is 0 Å². The van der Waals surface area contributed by atoms with Crippen LogP contribution in [-0.2, 0) is 0 Å². The molecule has 1 aliphatic rings. The Morgan fingerprint density at radius 3 is 2.05 bits per heavy atom. The van der Waals surface area contributed by atoms with Crippen LogP contribution in [0.4, 0.5) is 0 Å². The van der Waals surface area contributed by atoms with Gasteiger partial charge in [0.1, 0.15) is 0 Å². The monoisotopic (exact) mass is 292 g/mol. The van der Waals surface area contributed by atoms with Crippen molar-refractivity contribution < 1.29 is 10.2 Å². The Kier molecular flexibility index (Phi) is 5.76. The van der Waals surface area contributed by atoms with Gasteiger partial charge < -0.3 is 10.2 Å². The molecule has 0 bridgehead atoms. The van der Waals surface area contributed by atoms with Gasteiger partial charge in [-0.3, -0.25) is 9.80 Å². The Hall–Kier alpha value is -0.940. The molecule has 0 spiro atoms. The summed E-state index contributed by atoms with van der Waals surface area (Å²) in [4.78, 5) is 4.59. The number of aliphatic hydroxyl groups is 2. The second-order valence-corrected chi connectivity index (χ2v) is 6.31. The second kappa shape index (κ2) is 7.36. The minimum absolute atomic E-state index is 0.266. The highest BCUT2D eigenvalue weighted by molar-refractivity contribution is 5.31. The van der Waals surface area contributed by atoms with Gasteiger partial charge in [-0.1, -0.05) is 18.2 Å². The second-order valence-electron chi connectivity index (χ2n) is 6.31. The number of rotatable bonds is 5. The average Bonchev–Trinajstić information content (AvgIpc) is 2.43. The van der Waals surface area contributed by atoms with Crippen LogP contribution in [0.5, 0.6) is 0 Å². The highest BCUT2D eigenvalue weighted by atomic mass is 16.3. The molecule has 0 unspecified atom stereocenters. The first-order chi connectivity index (χ1) is 9.95. The third kappa shape index (κ3) is 4.78. The highest BCUT2D eigenvalue weighted by Crippen LogP contribution is 2.18. The Bertz CT molecular complexity index is 454. The van der Waals surface area contributed by atoms with Crippen LogP contribution in [-0.4, -0.2) is 65.4 Å². The predicted octanol–water partition coefficient (Wildman–Crippen LogP) is 1.34. The smallest absolute Gasteiger partial charge is 0.0917 e. The van der Waals surface area contributed by atoms with Crippen LogP contribution < -0.4 is 0 Å². The zero-order valence-electron chi connectivity index (χ0n) is 13.4. The normalized spacial score (nSPS) is 20.4. The molecule has 0 saturated carbocycles. The molecule has 1 saturated heterocycles. The van der Waals surface area contributed by atoms with Gasteiger partial charge in [-0.05, 0) is 37.5 Å². The number of aryl methyl sites for hydroxylation is 2. The van der Waals surface area contributed by atoms with E-state index in [4.69, 9.17) is 0 Å². The number of piperazine rings is 1. The number of hydrogen-bond acceptors (Lipinski definition) is 4. The van der Waals surface area contributed by atoms with E-state index in [9.17, 15) is 10.2 Å². The van der Waals surface area contributed by atoms with Crippen molar-refractivity contribution in [3.63, 3.8) is 0 Å². The van der Waals surface area contributed by atoms with E-state index in [1.165, 1.54) is 11.1 Å². The minimum Gasteiger partial charge on any atom is -0.392 e. The molecule has 118 valence electrons. The Morgan fingerprint density at radius 2 is 1.52 bits per heavy atom. The highest BCUT2D eigenvalue weighted by Gasteiger charge is 2.20. The Morgan fingerprint density at radius 1 is 0.952 bits per heavy atom. The third-order valence-electron chi connectivity index (χ3n) is 4.33. The maximum absolute atomic E-state index is 10.4. The lowest BCUT2D eigenvalue weighted by Crippen LogP contribution is -2.49. The molecule has 2 rings (SSSR count). The fraction of sp³-hybridized carbons (Fsp3) is 0.647. The summed E-state index contributed by atoms with van der Waals surface area (Å²) in [6, 6.07) is 6.19. The van der Waals surface area contributed by atoms with Crippen molar-refractivity contribution in [2.75, 3.05) is 39.3 Å². The summed E-state index contributed by atoms with van der Waals surface area (Å²) in [7, 11) is 0. The number of nitrogens with zero attached hydrogens (tertiary/aromatic N) is 2. The standard InChI is InChI=1S/C17H28N2O2/c1-13-4-5-16(10-14(13)2)17(21)12-19-8-6-18(7-9-19)11-15(3)20/h4-5,10,15,17,20-21H,6-9,11-12H2,1-3H3/t15-,17+/m1/s1. The average molecular weight is 292 g/mol. The van der Waals surface area contributed by atoms with Crippen LogP contribution in [0.15, 0.2) is 18.2 Å². The Labute approximate surface area is 128 Å². The maximum Gasteiger partial charge on any atom is 0.0917 e. The van der Waals surface area contributed by atoms with Gasteiger partial charge in [0.05, 0.1) is 12.2 Å². The molecule has 1 heterocycles. The first kappa shape index (κ1) is 16.4. The molecule has 4 heteroatoms. The number of hydrogen-bond donors (Lipinski definition) is 2. The predicted molar refractivity (Wildman–Crippen MR) is 85.4 cm³/mol. The molecular formula is C17H28N2O2. The van der Waals surface area contributed by atoms with E-state index in [2.05, 4.69) is 35.8 Å². The van der Waals surface area contributed by atoms with Crippen LogP contribution in [0.25, 0.3) is 0 Å². The van der Waals surface area contributed by atoms with Crippen molar-refractivity contribution in [2.24, 2.45) is 0 Å². The quantitative estimate of drug-likeness (QED) is 0.860. The van der Waals surface area contributed by atoms with E-state index in [1.807, 2.05) is 13.0 Å². The van der Waals surface area contributed by atoms with Crippen LogP contribution in [0.1, 0.15) is 29.7 Å². The van der Waals surface area contributed by atoms with Gasteiger partial charge in [-0.25, -0.2) is 0 Å². The van der Waals surface area contributed by atoms with Gasteiger partial charge in [-0.2, -0.15) is 0 Å². The first-order valence-corrected chi connectivity index (χ1v) is 7.83. The fourth-order valence-electron chi connectivity index (χ4n) is 2.85. The lowest BCUT2D eigenvalue weighted by Gasteiger charge is -2.36. The number of aliphatic hydroxyl groups excluding tert-OH is 2. The molecule has 2 N–H and O–H groups in total. The van der Waals surface area contributed by atoms with E-state index in [1.54, 1.807) is 0 Å². The van der Waals surface area contributed by atoms with E-state index in [-0.39, 0.29) is 6.10 Å². The van der Waals surface area contributed by atoms with Crippen molar-refractivity contribution in [1.82, 2.24) is 9.80 Å². The molecule has 0 aliphatic carbocycles. The minimum atomic E-state index is -0.424. The molecule has 1 aromatic carbocycles. The van der Waals surface area contributed by atoms with Crippen LogP contribution in [0, 0.1) is 13.8 Å². The van der Waals surface area contributed by atoms with Crippen LogP contribution in [0.3, 0.4) is 0 Å². The van der Waals surface area contributed by atoms with E-state index < -0.39 is 6.10 Å². The molecule has 21 heavy (non-hydrogen) atoms. The lowest BCUT2D eigenvalue weighted by atomic mass is 10.0. The molecule has 1 aliphatic heterocycles. The SMILES string of the molecule is Cc1ccc([C@@H](O)CN2CCN(C[C@@H](C)O)CC2)cc1C. The summed E-state index contributed by atoms with van der Waals surface area (Å²) in [5.41, 5.74) is 3.50. The van der Waals surface area contributed by atoms with Crippen molar-refractivity contribution >= 4 is 0 Å². The van der Waals surface area contributed by atoms with E-state index in [0.717, 1.165) is 38.3 Å². The van der Waals surface area contributed by atoms with Crippen molar-refractivity contribution in [2.45, 2.75) is 33.0 Å². The molecule has 1 fully saturated rings. The van der Waals surface area contributed by atoms with Gasteiger partial charge >= 0.3 is 0 Å². The molecule has 0 amide bonds. The van der Waals surface area contributed by atoms with Gasteiger partial charge in [0.2, 0.25) is 0 Å². The maximum atomic E-state index is 10.4. The number of β-amino-alcohol motifs (C(OH)–C–C–N with tert-alkyl or cyclic N) is 2. The lowest BCUT2D eigenvalue weighted by molar-refractivity contribution is 0.0526. The summed E-state index contributed by atoms with van der Waals surface area (Å²) in [6.45, 7) is 11.3. The van der Waals surface area contributed by atoms with Gasteiger partial charge in [0.15, 0.2) is 0 Å². The van der Waals surface area contributed by atoms with Gasteiger partial charge in [0.25, 0.3) is 0 Å². The van der Waals surface area contributed by atoms with Crippen molar-refractivity contribution in [1.29, 1.82) is 0 Å². The first-order valence-electron chi connectivity index (χ1n) is 7.83. The summed E-state index contributed by atoms with van der Waals surface area (Å²) >= 11 is 0. The summed E-state index contributed by atoms with van der Waals surface area (Å²) in [6.07, 6.45) is -0.690. The van der Waals surface area contributed by atoms with Crippen LogP contribution in [0.2, 0.25) is 0 Å². The summed E-state index contributed by atoms with van der Waals surface area (Å²) in [5.74, 6) is 0. The molecule has 4 nitrogen and oxygen atoms in total. The fourth-order valence-corrected chi connectivity index (χ4v) is 2.85. The number of benzene rings is 1. The molecule has 2 atom stereocenters. The molecular weight excluding hydrogens is 264 g/mol. The van der Waals surface area contributed by atoms with Crippen molar-refractivity contribution in [3.05, 3.63) is 34.9 Å². The van der Waals surface area contributed by atoms with E-state index in [0.29, 0.717) is 6.54 Å². The topological polar surface area (TPSA) is 46.9 Å². The summed E-state index contributed by atoms with van der Waals surface area (Å²) < 4.78 is 0. The molecule has 1 aromatic rings. The zero-order chi connectivity index (χ0) is 15.4. The Balaban J connectivity index is 1.84. The molecule has 0 aromatic heterocycles. The zero-order valence-corrected chi connectivity index (χ0v) is 13.4. The largest absolute Gasteiger partial charge is 0.392 e. The summed E-state index contributed by atoms with van der Waals surface area (Å²) in [5, 5.41) is 19.8. The van der Waals surface area contributed by atoms with Gasteiger partial charge in [0, 0.05) is 39.3 Å². The van der Waals surface area contributed by atoms with Crippen molar-refractivity contribution in [3.8, 4) is 0 Å².